The molecule has 106 valence electrons. The summed E-state index contributed by atoms with van der Waals surface area (Å²) in [6.07, 6.45) is 2.66. The highest BCUT2D eigenvalue weighted by molar-refractivity contribution is 5.55. The zero-order valence-corrected chi connectivity index (χ0v) is 12.4. The first-order valence-electron chi connectivity index (χ1n) is 7.39. The van der Waals surface area contributed by atoms with Gasteiger partial charge < -0.3 is 15.0 Å². The number of benzene rings is 1. The molecule has 19 heavy (non-hydrogen) atoms. The van der Waals surface area contributed by atoms with Gasteiger partial charge in [0.15, 0.2) is 0 Å². The lowest BCUT2D eigenvalue weighted by atomic mass is 10.1. The Morgan fingerprint density at radius 3 is 2.32 bits per heavy atom. The molecule has 0 saturated heterocycles. The van der Waals surface area contributed by atoms with E-state index in [4.69, 9.17) is 4.74 Å². The molecule has 1 atom stereocenters. The zero-order valence-electron chi connectivity index (χ0n) is 12.4. The maximum atomic E-state index is 5.30. The maximum Gasteiger partial charge on any atom is 0.0666 e. The Balaban J connectivity index is 1.97. The minimum absolute atomic E-state index is 0.462. The van der Waals surface area contributed by atoms with Crippen molar-refractivity contribution in [3.63, 3.8) is 0 Å². The largest absolute Gasteiger partial charge is 0.383 e. The number of anilines is 2. The third kappa shape index (κ3) is 3.87. The topological polar surface area (TPSA) is 24.5 Å². The fraction of sp³-hybridized carbons (Fsp3) is 0.625. The Bertz CT molecular complexity index is 369. The molecular formula is C16H26N2O. The van der Waals surface area contributed by atoms with Crippen LogP contribution in [0.4, 0.5) is 11.4 Å². The number of nitrogens with one attached hydrogen (secondary N) is 1. The van der Waals surface area contributed by atoms with Crippen LogP contribution in [0.2, 0.25) is 0 Å². The summed E-state index contributed by atoms with van der Waals surface area (Å²) in [6, 6.07) is 9.22. The summed E-state index contributed by atoms with van der Waals surface area (Å²) in [5.41, 5.74) is 2.50. The summed E-state index contributed by atoms with van der Waals surface area (Å²) < 4.78 is 5.30. The number of methoxy groups -OCH3 is 1. The standard InChI is InChI=1S/C16H26N2O/c1-4-18(5-2)15-10-8-14(9-11-15)17-16(12-19-3)13-6-7-13/h8-11,13,16-17H,4-7,12H2,1-3H3. The summed E-state index contributed by atoms with van der Waals surface area (Å²) in [5.74, 6) is 0.794. The first-order chi connectivity index (χ1) is 9.28. The molecule has 0 bridgehead atoms. The Morgan fingerprint density at radius 2 is 1.84 bits per heavy atom. The molecule has 2 rings (SSSR count). The molecule has 0 radical (unpaired) electrons. The van der Waals surface area contributed by atoms with Crippen molar-refractivity contribution in [2.24, 2.45) is 5.92 Å². The van der Waals surface area contributed by atoms with Crippen molar-refractivity contribution in [3.05, 3.63) is 24.3 Å². The SMILES string of the molecule is CCN(CC)c1ccc(NC(COC)C2CC2)cc1. The van der Waals surface area contributed by atoms with E-state index in [1.807, 2.05) is 0 Å². The van der Waals surface area contributed by atoms with Gasteiger partial charge in [-0.3, -0.25) is 0 Å². The van der Waals surface area contributed by atoms with Gasteiger partial charge in [0.25, 0.3) is 0 Å². The van der Waals surface area contributed by atoms with Gasteiger partial charge in [0.05, 0.1) is 12.6 Å². The predicted molar refractivity (Wildman–Crippen MR) is 82.0 cm³/mol. The second kappa shape index (κ2) is 6.80. The molecule has 1 aromatic rings. The minimum atomic E-state index is 0.462. The van der Waals surface area contributed by atoms with E-state index in [-0.39, 0.29) is 0 Å². The van der Waals surface area contributed by atoms with Gasteiger partial charge in [0, 0.05) is 31.6 Å². The lowest BCUT2D eigenvalue weighted by Crippen LogP contribution is -2.27. The molecule has 1 aliphatic carbocycles. The van der Waals surface area contributed by atoms with Gasteiger partial charge >= 0.3 is 0 Å². The van der Waals surface area contributed by atoms with E-state index in [1.54, 1.807) is 7.11 Å². The van der Waals surface area contributed by atoms with Gasteiger partial charge in [-0.1, -0.05) is 0 Å². The second-order valence-corrected chi connectivity index (χ2v) is 5.26. The van der Waals surface area contributed by atoms with Crippen molar-refractivity contribution < 1.29 is 4.74 Å². The third-order valence-corrected chi connectivity index (χ3v) is 3.89. The minimum Gasteiger partial charge on any atom is -0.383 e. The van der Waals surface area contributed by atoms with E-state index in [0.717, 1.165) is 25.6 Å². The van der Waals surface area contributed by atoms with E-state index in [0.29, 0.717) is 6.04 Å². The quantitative estimate of drug-likeness (QED) is 0.777. The summed E-state index contributed by atoms with van der Waals surface area (Å²) in [5, 5.41) is 3.60. The highest BCUT2D eigenvalue weighted by atomic mass is 16.5. The lowest BCUT2D eigenvalue weighted by Gasteiger charge is -2.22. The van der Waals surface area contributed by atoms with Crippen molar-refractivity contribution in [1.82, 2.24) is 0 Å². The van der Waals surface area contributed by atoms with Gasteiger partial charge in [-0.15, -0.1) is 0 Å². The number of nitrogens with zero attached hydrogens (tertiary/aromatic N) is 1. The smallest absolute Gasteiger partial charge is 0.0666 e. The van der Waals surface area contributed by atoms with E-state index >= 15 is 0 Å². The monoisotopic (exact) mass is 262 g/mol. The van der Waals surface area contributed by atoms with Crippen LogP contribution in [0.1, 0.15) is 26.7 Å². The average molecular weight is 262 g/mol. The average Bonchev–Trinajstić information content (AvgIpc) is 3.26. The first kappa shape index (κ1) is 14.2. The Labute approximate surface area is 116 Å². The molecule has 1 aliphatic rings. The van der Waals surface area contributed by atoms with Crippen LogP contribution in [0.3, 0.4) is 0 Å². The van der Waals surface area contributed by atoms with E-state index in [2.05, 4.69) is 48.3 Å². The molecule has 0 aromatic heterocycles. The molecule has 3 heteroatoms. The Kier molecular flexibility index (Phi) is 5.08. The molecule has 3 nitrogen and oxygen atoms in total. The summed E-state index contributed by atoms with van der Waals surface area (Å²) in [7, 11) is 1.78. The summed E-state index contributed by atoms with van der Waals surface area (Å²) >= 11 is 0. The van der Waals surface area contributed by atoms with Crippen LogP contribution in [0.15, 0.2) is 24.3 Å². The second-order valence-electron chi connectivity index (χ2n) is 5.26. The predicted octanol–water partition coefficient (Wildman–Crippen LogP) is 3.37. The van der Waals surface area contributed by atoms with Gasteiger partial charge in [0.1, 0.15) is 0 Å². The van der Waals surface area contributed by atoms with Crippen molar-refractivity contribution in [1.29, 1.82) is 0 Å². The van der Waals surface area contributed by atoms with Crippen LogP contribution >= 0.6 is 0 Å². The molecule has 0 amide bonds. The first-order valence-corrected chi connectivity index (χ1v) is 7.39. The van der Waals surface area contributed by atoms with E-state index < -0.39 is 0 Å². The van der Waals surface area contributed by atoms with Crippen LogP contribution in [-0.2, 0) is 4.74 Å². The van der Waals surface area contributed by atoms with Crippen molar-refractivity contribution >= 4 is 11.4 Å². The van der Waals surface area contributed by atoms with E-state index in [1.165, 1.54) is 24.2 Å². The number of ether oxygens (including phenoxy) is 1. The van der Waals surface area contributed by atoms with Crippen molar-refractivity contribution in [2.45, 2.75) is 32.7 Å². The summed E-state index contributed by atoms with van der Waals surface area (Å²) in [4.78, 5) is 2.36. The highest BCUT2D eigenvalue weighted by Gasteiger charge is 2.31. The van der Waals surface area contributed by atoms with Crippen molar-refractivity contribution in [3.8, 4) is 0 Å². The Hall–Kier alpha value is -1.22. The van der Waals surface area contributed by atoms with Crippen LogP contribution in [-0.4, -0.2) is 32.8 Å². The van der Waals surface area contributed by atoms with Gasteiger partial charge in [-0.25, -0.2) is 0 Å². The number of hydrogen-bond donors (Lipinski definition) is 1. The molecule has 0 aliphatic heterocycles. The van der Waals surface area contributed by atoms with Gasteiger partial charge in [-0.05, 0) is 56.9 Å². The molecular weight excluding hydrogens is 236 g/mol. The molecule has 0 heterocycles. The zero-order chi connectivity index (χ0) is 13.7. The van der Waals surface area contributed by atoms with E-state index in [9.17, 15) is 0 Å². The summed E-state index contributed by atoms with van der Waals surface area (Å²) in [6.45, 7) is 7.28. The molecule has 1 saturated carbocycles. The maximum absolute atomic E-state index is 5.30. The molecule has 1 aromatic carbocycles. The fourth-order valence-corrected chi connectivity index (χ4v) is 2.55. The van der Waals surface area contributed by atoms with Gasteiger partial charge in [-0.2, -0.15) is 0 Å². The molecule has 1 N–H and O–H groups in total. The van der Waals surface area contributed by atoms with Crippen LogP contribution < -0.4 is 10.2 Å². The molecule has 1 fully saturated rings. The normalized spacial score (nSPS) is 16.2. The Morgan fingerprint density at radius 1 is 1.21 bits per heavy atom. The number of hydrogen-bond acceptors (Lipinski definition) is 3. The third-order valence-electron chi connectivity index (χ3n) is 3.89. The lowest BCUT2D eigenvalue weighted by molar-refractivity contribution is 0.179. The molecule has 0 spiro atoms. The van der Waals surface area contributed by atoms with Gasteiger partial charge in [0.2, 0.25) is 0 Å². The highest BCUT2D eigenvalue weighted by Crippen LogP contribution is 2.34. The van der Waals surface area contributed by atoms with Crippen LogP contribution in [0.25, 0.3) is 0 Å². The van der Waals surface area contributed by atoms with Crippen LogP contribution in [0.5, 0.6) is 0 Å². The molecule has 1 unspecified atom stereocenters. The van der Waals surface area contributed by atoms with Crippen molar-refractivity contribution in [2.75, 3.05) is 37.0 Å². The fourth-order valence-electron chi connectivity index (χ4n) is 2.55. The number of rotatable bonds is 8. The van der Waals surface area contributed by atoms with Crippen LogP contribution in [0, 0.1) is 5.92 Å².